The molecule has 2 aliphatic rings. The Bertz CT molecular complexity index is 284. The first-order chi connectivity index (χ1) is 7.51. The Morgan fingerprint density at radius 2 is 1.88 bits per heavy atom. The van der Waals surface area contributed by atoms with Gasteiger partial charge in [-0.15, -0.1) is 0 Å². The maximum Gasteiger partial charge on any atom is 0.324 e. The SMILES string of the molecule is CC1(C)CCCC1(C(=O)O)N1CCOCC1. The maximum absolute atomic E-state index is 11.8. The monoisotopic (exact) mass is 227 g/mol. The smallest absolute Gasteiger partial charge is 0.324 e. The molecule has 4 nitrogen and oxygen atoms in total. The van der Waals surface area contributed by atoms with E-state index >= 15 is 0 Å². The zero-order valence-electron chi connectivity index (χ0n) is 10.2. The average Bonchev–Trinajstić information content (AvgIpc) is 2.56. The highest BCUT2D eigenvalue weighted by atomic mass is 16.5. The van der Waals surface area contributed by atoms with Crippen molar-refractivity contribution in [1.82, 2.24) is 4.90 Å². The van der Waals surface area contributed by atoms with E-state index < -0.39 is 11.5 Å². The minimum atomic E-state index is -0.670. The van der Waals surface area contributed by atoms with Crippen molar-refractivity contribution >= 4 is 5.97 Å². The molecule has 1 unspecified atom stereocenters. The van der Waals surface area contributed by atoms with E-state index in [0.717, 1.165) is 32.4 Å². The summed E-state index contributed by atoms with van der Waals surface area (Å²) in [5, 5.41) is 9.67. The minimum Gasteiger partial charge on any atom is -0.480 e. The number of carboxylic acid groups (broad SMARTS) is 1. The predicted molar refractivity (Wildman–Crippen MR) is 60.4 cm³/mol. The summed E-state index contributed by atoms with van der Waals surface area (Å²) in [4.78, 5) is 13.9. The number of hydrogen-bond acceptors (Lipinski definition) is 3. The molecule has 0 aromatic heterocycles. The molecule has 0 radical (unpaired) electrons. The molecule has 0 bridgehead atoms. The van der Waals surface area contributed by atoms with Gasteiger partial charge in [-0.1, -0.05) is 20.3 Å². The summed E-state index contributed by atoms with van der Waals surface area (Å²) in [6, 6.07) is 0. The van der Waals surface area contributed by atoms with E-state index in [0.29, 0.717) is 13.2 Å². The number of aliphatic carboxylic acids is 1. The number of rotatable bonds is 2. The van der Waals surface area contributed by atoms with Gasteiger partial charge in [0.2, 0.25) is 0 Å². The van der Waals surface area contributed by atoms with Crippen LogP contribution < -0.4 is 0 Å². The van der Waals surface area contributed by atoms with Gasteiger partial charge >= 0.3 is 5.97 Å². The molecular formula is C12H21NO3. The van der Waals surface area contributed by atoms with Crippen LogP contribution in [0.2, 0.25) is 0 Å². The second-order valence-electron chi connectivity index (χ2n) is 5.50. The Balaban J connectivity index is 2.31. The van der Waals surface area contributed by atoms with Gasteiger partial charge in [0.1, 0.15) is 5.54 Å². The summed E-state index contributed by atoms with van der Waals surface area (Å²) < 4.78 is 5.32. The predicted octanol–water partition coefficient (Wildman–Crippen LogP) is 1.35. The summed E-state index contributed by atoms with van der Waals surface area (Å²) >= 11 is 0. The van der Waals surface area contributed by atoms with E-state index in [9.17, 15) is 9.90 Å². The second kappa shape index (κ2) is 4.00. The van der Waals surface area contributed by atoms with Gasteiger partial charge in [0.15, 0.2) is 0 Å². The van der Waals surface area contributed by atoms with Crippen LogP contribution in [0.1, 0.15) is 33.1 Å². The van der Waals surface area contributed by atoms with Crippen molar-refractivity contribution in [3.05, 3.63) is 0 Å². The summed E-state index contributed by atoms with van der Waals surface area (Å²) in [6.07, 6.45) is 2.78. The molecule has 2 fully saturated rings. The lowest BCUT2D eigenvalue weighted by atomic mass is 9.73. The Labute approximate surface area is 96.6 Å². The second-order valence-corrected chi connectivity index (χ2v) is 5.50. The van der Waals surface area contributed by atoms with Gasteiger partial charge in [-0.2, -0.15) is 0 Å². The Morgan fingerprint density at radius 3 is 2.31 bits per heavy atom. The third kappa shape index (κ3) is 1.55. The van der Waals surface area contributed by atoms with E-state index in [1.807, 2.05) is 0 Å². The molecule has 1 saturated heterocycles. The van der Waals surface area contributed by atoms with Crippen LogP contribution in [0.15, 0.2) is 0 Å². The van der Waals surface area contributed by atoms with Crippen molar-refractivity contribution < 1.29 is 14.6 Å². The van der Waals surface area contributed by atoms with Gasteiger partial charge in [0.25, 0.3) is 0 Å². The molecule has 1 saturated carbocycles. The fraction of sp³-hybridized carbons (Fsp3) is 0.917. The first-order valence-corrected chi connectivity index (χ1v) is 6.07. The number of ether oxygens (including phenoxy) is 1. The fourth-order valence-electron chi connectivity index (χ4n) is 3.39. The van der Waals surface area contributed by atoms with Crippen molar-refractivity contribution in [2.45, 2.75) is 38.6 Å². The summed E-state index contributed by atoms with van der Waals surface area (Å²) in [7, 11) is 0. The molecule has 1 atom stereocenters. The lowest BCUT2D eigenvalue weighted by Gasteiger charge is -2.47. The Kier molecular flexibility index (Phi) is 2.97. The molecule has 1 N–H and O–H groups in total. The standard InChI is InChI=1S/C12H21NO3/c1-11(2)4-3-5-12(11,10(14)15)13-6-8-16-9-7-13/h3-9H2,1-2H3,(H,14,15). The van der Waals surface area contributed by atoms with Crippen LogP contribution in [0.3, 0.4) is 0 Å². The van der Waals surface area contributed by atoms with Crippen LogP contribution in [0.25, 0.3) is 0 Å². The number of nitrogens with zero attached hydrogens (tertiary/aromatic N) is 1. The van der Waals surface area contributed by atoms with Crippen molar-refractivity contribution in [1.29, 1.82) is 0 Å². The molecule has 0 aromatic carbocycles. The van der Waals surface area contributed by atoms with Crippen LogP contribution >= 0.6 is 0 Å². The van der Waals surface area contributed by atoms with Crippen LogP contribution in [-0.2, 0) is 9.53 Å². The first kappa shape index (κ1) is 11.9. The highest BCUT2D eigenvalue weighted by Crippen LogP contribution is 2.49. The highest BCUT2D eigenvalue weighted by Gasteiger charge is 2.58. The van der Waals surface area contributed by atoms with Gasteiger partial charge in [-0.3, -0.25) is 9.69 Å². The Hall–Kier alpha value is -0.610. The maximum atomic E-state index is 11.8. The minimum absolute atomic E-state index is 0.143. The summed E-state index contributed by atoms with van der Waals surface area (Å²) in [6.45, 7) is 6.98. The van der Waals surface area contributed by atoms with E-state index in [4.69, 9.17) is 4.74 Å². The van der Waals surface area contributed by atoms with Crippen LogP contribution in [-0.4, -0.2) is 47.8 Å². The van der Waals surface area contributed by atoms with Crippen LogP contribution in [0.4, 0.5) is 0 Å². The van der Waals surface area contributed by atoms with Crippen LogP contribution in [0.5, 0.6) is 0 Å². The normalized spacial score (nSPS) is 35.1. The van der Waals surface area contributed by atoms with Crippen LogP contribution in [0, 0.1) is 5.41 Å². The lowest BCUT2D eigenvalue weighted by molar-refractivity contribution is -0.163. The van der Waals surface area contributed by atoms with Crippen molar-refractivity contribution in [3.63, 3.8) is 0 Å². The number of morpholine rings is 1. The zero-order chi connectivity index (χ0) is 11.8. The van der Waals surface area contributed by atoms with Crippen molar-refractivity contribution in [2.24, 2.45) is 5.41 Å². The van der Waals surface area contributed by atoms with Gasteiger partial charge in [0, 0.05) is 13.1 Å². The van der Waals surface area contributed by atoms with Gasteiger partial charge in [-0.05, 0) is 18.3 Å². The molecular weight excluding hydrogens is 206 g/mol. The van der Waals surface area contributed by atoms with E-state index in [1.165, 1.54) is 0 Å². The van der Waals surface area contributed by atoms with Crippen molar-refractivity contribution in [3.8, 4) is 0 Å². The molecule has 0 aromatic rings. The van der Waals surface area contributed by atoms with E-state index in [-0.39, 0.29) is 5.41 Å². The third-order valence-electron chi connectivity index (χ3n) is 4.36. The topological polar surface area (TPSA) is 49.8 Å². The molecule has 1 aliphatic heterocycles. The first-order valence-electron chi connectivity index (χ1n) is 6.07. The van der Waals surface area contributed by atoms with Gasteiger partial charge in [0.05, 0.1) is 13.2 Å². The summed E-state index contributed by atoms with van der Waals surface area (Å²) in [5.74, 6) is -0.656. The molecule has 16 heavy (non-hydrogen) atoms. The zero-order valence-corrected chi connectivity index (χ0v) is 10.2. The Morgan fingerprint density at radius 1 is 1.25 bits per heavy atom. The summed E-state index contributed by atoms with van der Waals surface area (Å²) in [5.41, 5.74) is -0.813. The molecule has 1 heterocycles. The highest BCUT2D eigenvalue weighted by molar-refractivity contribution is 5.80. The van der Waals surface area contributed by atoms with Crippen molar-refractivity contribution in [2.75, 3.05) is 26.3 Å². The quantitative estimate of drug-likeness (QED) is 0.773. The molecule has 92 valence electrons. The number of carbonyl (C=O) groups is 1. The van der Waals surface area contributed by atoms with Gasteiger partial charge in [-0.25, -0.2) is 0 Å². The lowest BCUT2D eigenvalue weighted by Crippen LogP contribution is -2.63. The average molecular weight is 227 g/mol. The molecule has 0 amide bonds. The molecule has 1 aliphatic carbocycles. The molecule has 2 rings (SSSR count). The number of hydrogen-bond donors (Lipinski definition) is 1. The molecule has 4 heteroatoms. The van der Waals surface area contributed by atoms with E-state index in [2.05, 4.69) is 18.7 Å². The van der Waals surface area contributed by atoms with E-state index in [1.54, 1.807) is 0 Å². The molecule has 0 spiro atoms. The fourth-order valence-corrected chi connectivity index (χ4v) is 3.39. The number of carboxylic acids is 1. The third-order valence-corrected chi connectivity index (χ3v) is 4.36. The van der Waals surface area contributed by atoms with Gasteiger partial charge < -0.3 is 9.84 Å². The largest absolute Gasteiger partial charge is 0.480 e.